The van der Waals surface area contributed by atoms with Crippen molar-refractivity contribution in [3.8, 4) is 22.6 Å². The van der Waals surface area contributed by atoms with E-state index in [4.69, 9.17) is 9.47 Å². The summed E-state index contributed by atoms with van der Waals surface area (Å²) in [5.74, 6) is -2.37. The van der Waals surface area contributed by atoms with Crippen LogP contribution in [-0.4, -0.2) is 12.6 Å². The number of hydrogen-bond acceptors (Lipinski definition) is 3. The Morgan fingerprint density at radius 2 is 1.24 bits per heavy atom. The Morgan fingerprint density at radius 3 is 1.89 bits per heavy atom. The molecule has 0 aromatic heterocycles. The molecule has 5 heteroatoms. The van der Waals surface area contributed by atoms with Crippen molar-refractivity contribution in [3.63, 3.8) is 0 Å². The first-order valence-corrected chi connectivity index (χ1v) is 14.1. The first kappa shape index (κ1) is 29.3. The number of unbranched alkanes of at least 4 members (excludes halogenated alkanes) is 8. The summed E-state index contributed by atoms with van der Waals surface area (Å²) in [7, 11) is 0. The highest BCUT2D eigenvalue weighted by molar-refractivity contribution is 5.91. The number of ether oxygens (including phenoxy) is 2. The summed E-state index contributed by atoms with van der Waals surface area (Å²) in [4.78, 5) is 12.6. The van der Waals surface area contributed by atoms with Crippen molar-refractivity contribution in [1.82, 2.24) is 0 Å². The van der Waals surface area contributed by atoms with Crippen LogP contribution in [0, 0.1) is 11.6 Å². The summed E-state index contributed by atoms with van der Waals surface area (Å²) in [6, 6.07) is 17.5. The van der Waals surface area contributed by atoms with Gasteiger partial charge in [-0.1, -0.05) is 95.5 Å². The van der Waals surface area contributed by atoms with E-state index in [9.17, 15) is 13.6 Å². The lowest BCUT2D eigenvalue weighted by molar-refractivity contribution is 0.0726. The first-order valence-electron chi connectivity index (χ1n) is 14.1. The molecule has 3 nitrogen and oxygen atoms in total. The van der Waals surface area contributed by atoms with Crippen LogP contribution in [0.15, 0.2) is 60.7 Å². The summed E-state index contributed by atoms with van der Waals surface area (Å²) < 4.78 is 39.9. The van der Waals surface area contributed by atoms with Crippen LogP contribution in [-0.2, 0) is 6.42 Å². The predicted molar refractivity (Wildman–Crippen MR) is 150 cm³/mol. The van der Waals surface area contributed by atoms with Crippen molar-refractivity contribution in [1.29, 1.82) is 0 Å². The second kappa shape index (κ2) is 15.9. The van der Waals surface area contributed by atoms with Crippen LogP contribution in [0.5, 0.6) is 11.5 Å². The Morgan fingerprint density at radius 1 is 0.658 bits per heavy atom. The third-order valence-corrected chi connectivity index (χ3v) is 6.70. The normalized spacial score (nSPS) is 10.9. The van der Waals surface area contributed by atoms with Gasteiger partial charge in [0, 0.05) is 0 Å². The SMILES string of the molecule is CCCCCCCCCOc1ccc(-c2ccc(C(=O)Oc3ccc(CCCCC)c(F)c3F)cc2)cc1. The second-order valence-corrected chi connectivity index (χ2v) is 9.77. The van der Waals surface area contributed by atoms with Crippen molar-refractivity contribution in [2.75, 3.05) is 6.61 Å². The van der Waals surface area contributed by atoms with E-state index in [2.05, 4.69) is 13.8 Å². The Kier molecular flexibility index (Phi) is 12.3. The summed E-state index contributed by atoms with van der Waals surface area (Å²) in [6.45, 7) is 5.00. The van der Waals surface area contributed by atoms with Gasteiger partial charge in [0.25, 0.3) is 0 Å². The fourth-order valence-corrected chi connectivity index (χ4v) is 4.36. The second-order valence-electron chi connectivity index (χ2n) is 9.77. The van der Waals surface area contributed by atoms with E-state index in [1.54, 1.807) is 24.3 Å². The highest BCUT2D eigenvalue weighted by Crippen LogP contribution is 2.26. The zero-order valence-electron chi connectivity index (χ0n) is 22.7. The molecule has 0 N–H and O–H groups in total. The number of carbonyl (C=O) groups is 1. The monoisotopic (exact) mass is 522 g/mol. The maximum atomic E-state index is 14.5. The van der Waals surface area contributed by atoms with Crippen LogP contribution >= 0.6 is 0 Å². The molecule has 0 aliphatic heterocycles. The average molecular weight is 523 g/mol. The minimum absolute atomic E-state index is 0.259. The molecule has 3 aromatic rings. The molecule has 0 fully saturated rings. The maximum absolute atomic E-state index is 14.5. The van der Waals surface area contributed by atoms with Gasteiger partial charge in [-0.25, -0.2) is 9.18 Å². The molecular weight excluding hydrogens is 482 g/mol. The highest BCUT2D eigenvalue weighted by Gasteiger charge is 2.18. The molecule has 3 aromatic carbocycles. The van der Waals surface area contributed by atoms with E-state index < -0.39 is 23.4 Å². The third kappa shape index (κ3) is 8.97. The molecule has 3 rings (SSSR count). The standard InChI is InChI=1S/C33H40F2O3/c1-3-5-7-8-9-10-12-24-37-29-21-18-26(19-22-29)25-14-16-28(17-15-25)33(36)38-30-23-20-27(13-11-6-4-2)31(34)32(30)35/h14-23H,3-13,24H2,1-2H3. The Labute approximate surface area is 226 Å². The topological polar surface area (TPSA) is 35.5 Å². The van der Waals surface area contributed by atoms with E-state index in [1.165, 1.54) is 50.7 Å². The molecule has 0 heterocycles. The molecule has 0 saturated carbocycles. The fourth-order valence-electron chi connectivity index (χ4n) is 4.36. The van der Waals surface area contributed by atoms with Crippen molar-refractivity contribution in [3.05, 3.63) is 83.4 Å². The Bertz CT molecular complexity index is 1120. The lowest BCUT2D eigenvalue weighted by Crippen LogP contribution is -2.10. The molecule has 38 heavy (non-hydrogen) atoms. The number of hydrogen-bond donors (Lipinski definition) is 0. The number of esters is 1. The largest absolute Gasteiger partial charge is 0.494 e. The Balaban J connectivity index is 1.50. The zero-order chi connectivity index (χ0) is 27.2. The van der Waals surface area contributed by atoms with Gasteiger partial charge in [-0.3, -0.25) is 0 Å². The molecule has 0 aliphatic rings. The zero-order valence-corrected chi connectivity index (χ0v) is 22.7. The molecule has 0 spiro atoms. The quantitative estimate of drug-likeness (QED) is 0.107. The highest BCUT2D eigenvalue weighted by atomic mass is 19.2. The van der Waals surface area contributed by atoms with Crippen LogP contribution in [0.2, 0.25) is 0 Å². The molecule has 0 aliphatic carbocycles. The molecule has 0 unspecified atom stereocenters. The van der Waals surface area contributed by atoms with E-state index in [-0.39, 0.29) is 5.56 Å². The molecule has 204 valence electrons. The molecule has 0 saturated heterocycles. The van der Waals surface area contributed by atoms with Crippen molar-refractivity contribution >= 4 is 5.97 Å². The minimum atomic E-state index is -1.13. The predicted octanol–water partition coefficient (Wildman–Crippen LogP) is 9.71. The van der Waals surface area contributed by atoms with Gasteiger partial charge in [-0.15, -0.1) is 0 Å². The van der Waals surface area contributed by atoms with E-state index in [0.29, 0.717) is 12.0 Å². The van der Waals surface area contributed by atoms with Gasteiger partial charge in [-0.2, -0.15) is 4.39 Å². The first-order chi connectivity index (χ1) is 18.5. The van der Waals surface area contributed by atoms with Gasteiger partial charge in [0.05, 0.1) is 12.2 Å². The average Bonchev–Trinajstić information content (AvgIpc) is 2.94. The van der Waals surface area contributed by atoms with Crippen LogP contribution in [0.4, 0.5) is 8.78 Å². The van der Waals surface area contributed by atoms with Gasteiger partial charge < -0.3 is 9.47 Å². The van der Waals surface area contributed by atoms with Crippen LogP contribution in [0.25, 0.3) is 11.1 Å². The third-order valence-electron chi connectivity index (χ3n) is 6.70. The van der Waals surface area contributed by atoms with E-state index in [0.717, 1.165) is 49.2 Å². The molecular formula is C33H40F2O3. The maximum Gasteiger partial charge on any atom is 0.343 e. The van der Waals surface area contributed by atoms with E-state index in [1.807, 2.05) is 24.3 Å². The Hall–Kier alpha value is -3.21. The smallest absolute Gasteiger partial charge is 0.343 e. The summed E-state index contributed by atoms with van der Waals surface area (Å²) in [6.07, 6.45) is 11.9. The molecule has 0 amide bonds. The molecule has 0 radical (unpaired) electrons. The lowest BCUT2D eigenvalue weighted by Gasteiger charge is -2.10. The van der Waals surface area contributed by atoms with Gasteiger partial charge in [0.15, 0.2) is 11.6 Å². The fraction of sp³-hybridized carbons (Fsp3) is 0.424. The van der Waals surface area contributed by atoms with Gasteiger partial charge >= 0.3 is 5.97 Å². The number of carbonyl (C=O) groups excluding carboxylic acids is 1. The summed E-state index contributed by atoms with van der Waals surface area (Å²) in [5.41, 5.74) is 2.47. The number of halogens is 2. The number of rotatable bonds is 16. The van der Waals surface area contributed by atoms with Gasteiger partial charge in [0.1, 0.15) is 5.75 Å². The van der Waals surface area contributed by atoms with Crippen LogP contribution in [0.3, 0.4) is 0 Å². The number of benzene rings is 3. The lowest BCUT2D eigenvalue weighted by atomic mass is 10.0. The summed E-state index contributed by atoms with van der Waals surface area (Å²) >= 11 is 0. The number of aryl methyl sites for hydroxylation is 1. The van der Waals surface area contributed by atoms with Crippen molar-refractivity contribution < 1.29 is 23.0 Å². The van der Waals surface area contributed by atoms with Crippen molar-refractivity contribution in [2.45, 2.75) is 84.5 Å². The minimum Gasteiger partial charge on any atom is -0.494 e. The summed E-state index contributed by atoms with van der Waals surface area (Å²) in [5, 5.41) is 0. The van der Waals surface area contributed by atoms with Crippen LogP contribution < -0.4 is 9.47 Å². The van der Waals surface area contributed by atoms with Gasteiger partial charge in [0.2, 0.25) is 5.82 Å². The van der Waals surface area contributed by atoms with Crippen LogP contribution in [0.1, 0.15) is 94.0 Å². The van der Waals surface area contributed by atoms with Gasteiger partial charge in [-0.05, 0) is 66.3 Å². The van der Waals surface area contributed by atoms with E-state index >= 15 is 0 Å². The molecule has 0 bridgehead atoms. The van der Waals surface area contributed by atoms with Crippen molar-refractivity contribution in [2.24, 2.45) is 0 Å². The molecule has 0 atom stereocenters.